The Bertz CT molecular complexity index is 1140. The van der Waals surface area contributed by atoms with Crippen molar-refractivity contribution in [3.63, 3.8) is 0 Å². The Morgan fingerprint density at radius 3 is 2.32 bits per heavy atom. The lowest BCUT2D eigenvalue weighted by Crippen LogP contribution is -2.31. The van der Waals surface area contributed by atoms with E-state index in [4.69, 9.17) is 0 Å². The van der Waals surface area contributed by atoms with Gasteiger partial charge in [-0.05, 0) is 24.1 Å². The molecule has 1 amide bonds. The Kier molecular flexibility index (Phi) is 6.25. The van der Waals surface area contributed by atoms with Crippen molar-refractivity contribution < 1.29 is 14.6 Å². The van der Waals surface area contributed by atoms with Gasteiger partial charge in [0.15, 0.2) is 0 Å². The molecule has 2 aromatic heterocycles. The lowest BCUT2D eigenvalue weighted by atomic mass is 10.1. The van der Waals surface area contributed by atoms with Crippen LogP contribution in [0.1, 0.15) is 11.1 Å². The summed E-state index contributed by atoms with van der Waals surface area (Å²) in [5, 5.41) is 25.1. The van der Waals surface area contributed by atoms with Gasteiger partial charge in [0.2, 0.25) is 17.5 Å². The Morgan fingerprint density at radius 1 is 0.968 bits per heavy atom. The number of aryl methyl sites for hydroxylation is 1. The lowest BCUT2D eigenvalue weighted by Gasteiger charge is -2.11. The average Bonchev–Trinajstić information content (AvgIpc) is 2.74. The van der Waals surface area contributed by atoms with E-state index < -0.39 is 21.4 Å². The molecule has 13 nitrogen and oxygen atoms in total. The minimum Gasteiger partial charge on any atom is -0.319 e. The van der Waals surface area contributed by atoms with E-state index in [1.807, 2.05) is 0 Å². The van der Waals surface area contributed by atoms with Gasteiger partial charge in [-0.25, -0.2) is 15.0 Å². The fourth-order valence-electron chi connectivity index (χ4n) is 2.56. The number of nitro benzene ring substituents is 1. The maximum absolute atomic E-state index is 12.2. The number of non-ortho nitro benzene ring substituents is 1. The molecule has 0 unspecified atom stereocenters. The van der Waals surface area contributed by atoms with Gasteiger partial charge in [-0.15, -0.1) is 0 Å². The third kappa shape index (κ3) is 5.23. The quantitative estimate of drug-likeness (QED) is 0.359. The van der Waals surface area contributed by atoms with Gasteiger partial charge in [-0.3, -0.25) is 35.9 Å². The minimum atomic E-state index is -0.689. The molecule has 0 aliphatic heterocycles. The van der Waals surface area contributed by atoms with E-state index in [9.17, 15) is 25.0 Å². The highest BCUT2D eigenvalue weighted by molar-refractivity contribution is 5.81. The predicted molar refractivity (Wildman–Crippen MR) is 110 cm³/mol. The molecule has 0 aliphatic rings. The van der Waals surface area contributed by atoms with Crippen LogP contribution in [0.2, 0.25) is 0 Å². The van der Waals surface area contributed by atoms with Gasteiger partial charge in [0.25, 0.3) is 5.69 Å². The van der Waals surface area contributed by atoms with Crippen LogP contribution in [0.5, 0.6) is 0 Å². The van der Waals surface area contributed by atoms with Gasteiger partial charge in [-0.2, -0.15) is 0 Å². The number of benzene rings is 1. The van der Waals surface area contributed by atoms with Crippen LogP contribution >= 0.6 is 0 Å². The number of nitrogens with one attached hydrogen (secondary N) is 3. The van der Waals surface area contributed by atoms with Crippen LogP contribution in [0.3, 0.4) is 0 Å². The zero-order valence-electron chi connectivity index (χ0n) is 16.1. The van der Waals surface area contributed by atoms with Crippen LogP contribution in [-0.2, 0) is 11.2 Å². The minimum absolute atomic E-state index is 0.0953. The molecule has 0 radical (unpaired) electrons. The van der Waals surface area contributed by atoms with E-state index >= 15 is 0 Å². The molecular formula is C18H16N8O5. The average molecular weight is 424 g/mol. The molecule has 3 aromatic rings. The molecule has 1 aromatic carbocycles. The number of pyridine rings is 1. The van der Waals surface area contributed by atoms with E-state index in [0.717, 1.165) is 11.9 Å². The second kappa shape index (κ2) is 9.21. The summed E-state index contributed by atoms with van der Waals surface area (Å²) in [7, 11) is 0. The molecular weight excluding hydrogens is 408 g/mol. The Labute approximate surface area is 174 Å². The van der Waals surface area contributed by atoms with Crippen molar-refractivity contribution in [1.82, 2.24) is 20.4 Å². The number of aromatic nitrogens is 3. The first-order chi connectivity index (χ1) is 14.8. The number of nitro groups is 2. The molecule has 2 heterocycles. The van der Waals surface area contributed by atoms with Gasteiger partial charge < -0.3 is 5.32 Å². The third-order valence-corrected chi connectivity index (χ3v) is 4.08. The second-order valence-corrected chi connectivity index (χ2v) is 6.24. The van der Waals surface area contributed by atoms with Gasteiger partial charge in [0.05, 0.1) is 16.3 Å². The van der Waals surface area contributed by atoms with Gasteiger partial charge in [-0.1, -0.05) is 18.2 Å². The van der Waals surface area contributed by atoms with Crippen molar-refractivity contribution in [3.8, 4) is 0 Å². The first-order valence-electron chi connectivity index (χ1n) is 8.81. The number of anilines is 3. The molecule has 0 fully saturated rings. The fourth-order valence-corrected chi connectivity index (χ4v) is 2.56. The highest BCUT2D eigenvalue weighted by Crippen LogP contribution is 2.30. The molecule has 158 valence electrons. The number of carbonyl (C=O) groups excluding carboxylic acids is 1. The molecule has 13 heteroatoms. The normalized spacial score (nSPS) is 10.2. The molecule has 0 bridgehead atoms. The van der Waals surface area contributed by atoms with Crippen LogP contribution < -0.4 is 16.2 Å². The van der Waals surface area contributed by atoms with Gasteiger partial charge >= 0.3 is 5.69 Å². The number of nitrogens with zero attached hydrogens (tertiary/aromatic N) is 5. The van der Waals surface area contributed by atoms with E-state index in [-0.39, 0.29) is 23.7 Å². The summed E-state index contributed by atoms with van der Waals surface area (Å²) < 4.78 is 0. The summed E-state index contributed by atoms with van der Waals surface area (Å²) in [6.07, 6.45) is 2.51. The van der Waals surface area contributed by atoms with Crippen molar-refractivity contribution in [2.45, 2.75) is 13.3 Å². The van der Waals surface area contributed by atoms with Crippen LogP contribution in [0.4, 0.5) is 28.8 Å². The maximum atomic E-state index is 12.2. The third-order valence-electron chi connectivity index (χ3n) is 4.08. The summed E-state index contributed by atoms with van der Waals surface area (Å²) in [6.45, 7) is 1.78. The molecule has 3 N–H and O–H groups in total. The second-order valence-electron chi connectivity index (χ2n) is 6.24. The highest BCUT2D eigenvalue weighted by atomic mass is 16.6. The number of amides is 1. The lowest BCUT2D eigenvalue weighted by molar-refractivity contribution is -0.384. The number of hydrogen-bond donors (Lipinski definition) is 3. The van der Waals surface area contributed by atoms with Crippen molar-refractivity contribution in [2.75, 3.05) is 10.7 Å². The fraction of sp³-hybridized carbons (Fsp3) is 0.111. The standard InChI is InChI=1S/C18H16N8O5/c1-11-3-2-8-19-16(11)22-17-15(26(30)31)18(21-10-20-17)24-23-14(27)9-12-4-6-13(7-5-12)25(28)29/h2-8,10H,9H2,1H3,(H,23,27)(H2,19,20,21,22,24). The van der Waals surface area contributed by atoms with Gasteiger partial charge in [0, 0.05) is 18.3 Å². The monoisotopic (exact) mass is 424 g/mol. The molecule has 0 spiro atoms. The van der Waals surface area contributed by atoms with Crippen molar-refractivity contribution in [2.24, 2.45) is 0 Å². The smallest absolute Gasteiger partial charge is 0.319 e. The van der Waals surface area contributed by atoms with E-state index in [0.29, 0.717) is 11.4 Å². The van der Waals surface area contributed by atoms with Crippen LogP contribution in [0.25, 0.3) is 0 Å². The number of hydrazine groups is 1. The van der Waals surface area contributed by atoms with Crippen molar-refractivity contribution in [1.29, 1.82) is 0 Å². The van der Waals surface area contributed by atoms with E-state index in [1.165, 1.54) is 30.5 Å². The largest absolute Gasteiger partial charge is 0.355 e. The molecule has 0 aliphatic carbocycles. The molecule has 0 atom stereocenters. The molecule has 3 rings (SSSR count). The van der Waals surface area contributed by atoms with Crippen LogP contribution in [0.15, 0.2) is 48.9 Å². The van der Waals surface area contributed by atoms with Crippen molar-refractivity contribution in [3.05, 3.63) is 80.3 Å². The van der Waals surface area contributed by atoms with Crippen LogP contribution in [-0.4, -0.2) is 30.7 Å². The Balaban J connectivity index is 1.72. The predicted octanol–water partition coefficient (Wildman–Crippen LogP) is 2.43. The molecule has 0 saturated heterocycles. The SMILES string of the molecule is Cc1cccnc1Nc1ncnc(NNC(=O)Cc2ccc([N+](=O)[O-])cc2)c1[N+](=O)[O-]. The number of hydrogen-bond acceptors (Lipinski definition) is 10. The Morgan fingerprint density at radius 2 is 1.68 bits per heavy atom. The summed E-state index contributed by atoms with van der Waals surface area (Å²) in [5.41, 5.74) is 5.44. The topological polar surface area (TPSA) is 178 Å². The highest BCUT2D eigenvalue weighted by Gasteiger charge is 2.24. The summed E-state index contributed by atoms with van der Waals surface area (Å²) in [6, 6.07) is 8.96. The summed E-state index contributed by atoms with van der Waals surface area (Å²) in [5.74, 6) is -0.476. The summed E-state index contributed by atoms with van der Waals surface area (Å²) >= 11 is 0. The molecule has 0 saturated carbocycles. The first-order valence-corrected chi connectivity index (χ1v) is 8.81. The summed E-state index contributed by atoms with van der Waals surface area (Å²) in [4.78, 5) is 45.0. The zero-order chi connectivity index (χ0) is 22.4. The Hall–Kier alpha value is -4.68. The zero-order valence-corrected chi connectivity index (χ0v) is 16.1. The number of rotatable bonds is 8. The molecule has 31 heavy (non-hydrogen) atoms. The van der Waals surface area contributed by atoms with E-state index in [2.05, 4.69) is 31.1 Å². The van der Waals surface area contributed by atoms with E-state index in [1.54, 1.807) is 19.1 Å². The van der Waals surface area contributed by atoms with Crippen LogP contribution in [0, 0.1) is 27.2 Å². The van der Waals surface area contributed by atoms with Crippen molar-refractivity contribution >= 4 is 34.7 Å². The first kappa shape index (κ1) is 21.0. The maximum Gasteiger partial charge on any atom is 0.355 e. The number of carbonyl (C=O) groups is 1. The van der Waals surface area contributed by atoms with Gasteiger partial charge in [0.1, 0.15) is 12.1 Å².